The first-order chi connectivity index (χ1) is 9.35. The highest BCUT2D eigenvalue weighted by Gasteiger charge is 2.11. The van der Waals surface area contributed by atoms with Crippen LogP contribution in [0.15, 0.2) is 12.2 Å². The van der Waals surface area contributed by atoms with Gasteiger partial charge >= 0.3 is 18.0 Å². The maximum Gasteiger partial charge on any atom is 0.407 e. The first kappa shape index (κ1) is 17.9. The molecule has 20 heavy (non-hydrogen) atoms. The average Bonchev–Trinajstić information content (AvgIpc) is 2.33. The Morgan fingerprint density at radius 1 is 1.05 bits per heavy atom. The Labute approximate surface area is 118 Å². The highest BCUT2D eigenvalue weighted by molar-refractivity contribution is 5.91. The van der Waals surface area contributed by atoms with Gasteiger partial charge in [-0.05, 0) is 27.7 Å². The van der Waals surface area contributed by atoms with Gasteiger partial charge in [0.2, 0.25) is 0 Å². The molecule has 0 aliphatic heterocycles. The first-order valence-electron chi connectivity index (χ1n) is 6.33. The highest BCUT2D eigenvalue weighted by atomic mass is 16.6. The van der Waals surface area contributed by atoms with Crippen molar-refractivity contribution in [1.82, 2.24) is 5.32 Å². The molecular weight excluding hydrogens is 266 g/mol. The number of hydrogen-bond acceptors (Lipinski definition) is 6. The Kier molecular flexibility index (Phi) is 8.82. The fraction of sp³-hybridized carbons (Fsp3) is 0.615. The molecule has 0 aliphatic carbocycles. The molecule has 7 heteroatoms. The Morgan fingerprint density at radius 2 is 1.60 bits per heavy atom. The van der Waals surface area contributed by atoms with Crippen LogP contribution in [0.2, 0.25) is 0 Å². The van der Waals surface area contributed by atoms with Gasteiger partial charge in [-0.3, -0.25) is 0 Å². The molecule has 0 spiro atoms. The van der Waals surface area contributed by atoms with Gasteiger partial charge in [0, 0.05) is 12.2 Å². The molecule has 0 radical (unpaired) electrons. The summed E-state index contributed by atoms with van der Waals surface area (Å²) in [6, 6.07) is -0.402. The number of carbonyl (C=O) groups excluding carboxylic acids is 3. The second-order valence-electron chi connectivity index (χ2n) is 4.21. The fourth-order valence-corrected chi connectivity index (χ4v) is 1.07. The minimum absolute atomic E-state index is 0.0286. The summed E-state index contributed by atoms with van der Waals surface area (Å²) in [5.41, 5.74) is 0. The number of rotatable bonds is 7. The van der Waals surface area contributed by atoms with Gasteiger partial charge in [0.15, 0.2) is 0 Å². The molecule has 0 heterocycles. The third-order valence-electron chi connectivity index (χ3n) is 1.82. The van der Waals surface area contributed by atoms with E-state index in [4.69, 9.17) is 9.47 Å². The van der Waals surface area contributed by atoms with E-state index in [0.29, 0.717) is 0 Å². The van der Waals surface area contributed by atoms with Crippen LogP contribution in [0.25, 0.3) is 0 Å². The van der Waals surface area contributed by atoms with Crippen molar-refractivity contribution in [3.8, 4) is 0 Å². The third kappa shape index (κ3) is 9.93. The summed E-state index contributed by atoms with van der Waals surface area (Å²) < 4.78 is 14.3. The Morgan fingerprint density at radius 3 is 2.10 bits per heavy atom. The van der Waals surface area contributed by atoms with E-state index in [9.17, 15) is 14.4 Å². The van der Waals surface area contributed by atoms with Gasteiger partial charge in [-0.2, -0.15) is 0 Å². The molecule has 1 amide bonds. The molecule has 1 N–H and O–H groups in total. The van der Waals surface area contributed by atoms with Crippen LogP contribution < -0.4 is 5.32 Å². The van der Waals surface area contributed by atoms with Gasteiger partial charge < -0.3 is 19.5 Å². The van der Waals surface area contributed by atoms with Gasteiger partial charge in [-0.15, -0.1) is 0 Å². The summed E-state index contributed by atoms with van der Waals surface area (Å²) in [7, 11) is 0. The average molecular weight is 287 g/mol. The summed E-state index contributed by atoms with van der Waals surface area (Å²) in [5.74, 6) is -1.31. The van der Waals surface area contributed by atoms with Crippen molar-refractivity contribution in [3.05, 3.63) is 12.2 Å². The number of amides is 1. The van der Waals surface area contributed by atoms with E-state index < -0.39 is 24.1 Å². The van der Waals surface area contributed by atoms with Crippen LogP contribution in [-0.2, 0) is 23.8 Å². The summed E-state index contributed by atoms with van der Waals surface area (Å²) in [4.78, 5) is 33.4. The monoisotopic (exact) mass is 287 g/mol. The smallest absolute Gasteiger partial charge is 0.407 e. The normalized spacial score (nSPS) is 12.1. The topological polar surface area (TPSA) is 90.9 Å². The van der Waals surface area contributed by atoms with E-state index in [1.54, 1.807) is 27.7 Å². The lowest BCUT2D eigenvalue weighted by Crippen LogP contribution is -2.37. The predicted molar refractivity (Wildman–Crippen MR) is 70.9 cm³/mol. The van der Waals surface area contributed by atoms with E-state index >= 15 is 0 Å². The molecule has 0 bridgehead atoms. The number of carbonyl (C=O) groups is 3. The molecule has 0 aliphatic rings. The molecule has 0 aromatic heterocycles. The highest BCUT2D eigenvalue weighted by Crippen LogP contribution is 1.93. The molecule has 114 valence electrons. The summed E-state index contributed by atoms with van der Waals surface area (Å²) in [6.45, 7) is 6.98. The standard InChI is InChI=1S/C13H21NO6/c1-5-18-11(15)6-7-12(16)19-8-10(4)14-13(17)20-9(2)3/h6-7,9-10H,5,8H2,1-4H3,(H,14,17)/b7-6+/t10-/m1/s1. The number of hydrogen-bond donors (Lipinski definition) is 1. The van der Waals surface area contributed by atoms with Gasteiger partial charge in [0.25, 0.3) is 0 Å². The van der Waals surface area contributed by atoms with Crippen molar-refractivity contribution in [2.75, 3.05) is 13.2 Å². The van der Waals surface area contributed by atoms with Crippen LogP contribution >= 0.6 is 0 Å². The van der Waals surface area contributed by atoms with Crippen LogP contribution in [0, 0.1) is 0 Å². The maximum atomic E-state index is 11.3. The number of esters is 2. The zero-order chi connectivity index (χ0) is 15.5. The lowest BCUT2D eigenvalue weighted by Gasteiger charge is -2.15. The summed E-state index contributed by atoms with van der Waals surface area (Å²) in [5, 5.41) is 2.50. The number of alkyl carbamates (subject to hydrolysis) is 1. The van der Waals surface area contributed by atoms with E-state index in [2.05, 4.69) is 10.1 Å². The first-order valence-corrected chi connectivity index (χ1v) is 6.33. The molecule has 0 saturated carbocycles. The largest absolute Gasteiger partial charge is 0.463 e. The van der Waals surface area contributed by atoms with Crippen molar-refractivity contribution >= 4 is 18.0 Å². The second kappa shape index (κ2) is 9.82. The van der Waals surface area contributed by atoms with E-state index in [0.717, 1.165) is 12.2 Å². The Hall–Kier alpha value is -2.05. The zero-order valence-corrected chi connectivity index (χ0v) is 12.2. The van der Waals surface area contributed by atoms with Crippen molar-refractivity contribution in [2.24, 2.45) is 0 Å². The summed E-state index contributed by atoms with van der Waals surface area (Å²) >= 11 is 0. The van der Waals surface area contributed by atoms with Gasteiger partial charge in [0.1, 0.15) is 6.61 Å². The molecule has 0 saturated heterocycles. The summed E-state index contributed by atoms with van der Waals surface area (Å²) in [6.07, 6.45) is 1.15. The molecule has 0 aromatic carbocycles. The van der Waals surface area contributed by atoms with Crippen molar-refractivity contribution < 1.29 is 28.6 Å². The van der Waals surface area contributed by atoms with Crippen LogP contribution in [0.1, 0.15) is 27.7 Å². The van der Waals surface area contributed by atoms with Gasteiger partial charge in [0.05, 0.1) is 18.8 Å². The SMILES string of the molecule is CCOC(=O)/C=C/C(=O)OC[C@@H](C)NC(=O)OC(C)C. The molecule has 0 unspecified atom stereocenters. The molecule has 7 nitrogen and oxygen atoms in total. The lowest BCUT2D eigenvalue weighted by atomic mass is 10.4. The molecule has 0 fully saturated rings. The lowest BCUT2D eigenvalue weighted by molar-refractivity contribution is -0.140. The number of ether oxygens (including phenoxy) is 3. The molecule has 1 atom stereocenters. The molecular formula is C13H21NO6. The zero-order valence-electron chi connectivity index (χ0n) is 12.2. The fourth-order valence-electron chi connectivity index (χ4n) is 1.07. The van der Waals surface area contributed by atoms with Crippen molar-refractivity contribution in [2.45, 2.75) is 39.8 Å². The minimum atomic E-state index is -0.691. The van der Waals surface area contributed by atoms with Gasteiger partial charge in [-0.25, -0.2) is 14.4 Å². The van der Waals surface area contributed by atoms with Gasteiger partial charge in [-0.1, -0.05) is 0 Å². The van der Waals surface area contributed by atoms with Crippen LogP contribution in [0.3, 0.4) is 0 Å². The van der Waals surface area contributed by atoms with E-state index in [-0.39, 0.29) is 19.3 Å². The quantitative estimate of drug-likeness (QED) is 0.429. The van der Waals surface area contributed by atoms with Crippen LogP contribution in [0.4, 0.5) is 4.79 Å². The Balaban J connectivity index is 3.94. The minimum Gasteiger partial charge on any atom is -0.463 e. The number of nitrogens with one attached hydrogen (secondary N) is 1. The van der Waals surface area contributed by atoms with Crippen molar-refractivity contribution in [3.63, 3.8) is 0 Å². The molecule has 0 aromatic rings. The maximum absolute atomic E-state index is 11.3. The second-order valence-corrected chi connectivity index (χ2v) is 4.21. The predicted octanol–water partition coefficient (Wildman–Crippen LogP) is 1.17. The molecule has 0 rings (SSSR count). The Bertz CT molecular complexity index is 364. The van der Waals surface area contributed by atoms with Crippen LogP contribution in [0.5, 0.6) is 0 Å². The van der Waals surface area contributed by atoms with Crippen molar-refractivity contribution in [1.29, 1.82) is 0 Å². The van der Waals surface area contributed by atoms with Crippen LogP contribution in [-0.4, -0.2) is 43.4 Å². The van der Waals surface area contributed by atoms with E-state index in [1.807, 2.05) is 0 Å². The van der Waals surface area contributed by atoms with E-state index in [1.165, 1.54) is 0 Å². The third-order valence-corrected chi connectivity index (χ3v) is 1.82.